The van der Waals surface area contributed by atoms with Gasteiger partial charge in [-0.25, -0.2) is 4.98 Å². The zero-order valence-corrected chi connectivity index (χ0v) is 20.8. The maximum atomic E-state index is 13.2. The molecule has 4 aromatic rings. The third kappa shape index (κ3) is 6.15. The highest BCUT2D eigenvalue weighted by Crippen LogP contribution is 2.33. The molecule has 0 aliphatic rings. The first kappa shape index (κ1) is 24.2. The van der Waals surface area contributed by atoms with Gasteiger partial charge < -0.3 is 15.4 Å². The van der Waals surface area contributed by atoms with Gasteiger partial charge in [-0.05, 0) is 63.1 Å². The number of carbonyl (C=O) groups excluding carboxylic acids is 1. The summed E-state index contributed by atoms with van der Waals surface area (Å²) in [5.41, 5.74) is 4.48. The van der Waals surface area contributed by atoms with E-state index in [1.807, 2.05) is 81.6 Å². The Morgan fingerprint density at radius 3 is 2.40 bits per heavy atom. The standard InChI is InChI=1S/C29H32N4O2/c1-5-6-16-35-26-15-13-21(18-31-26)20-12-14-25-23(17-20)27(32-22-10-8-7-9-11-22)24(19-30-25)28(34)33-29(2,3)4/h7-15,17-19H,5-6,16H2,1-4H3,(H,30,32)(H,33,34). The summed E-state index contributed by atoms with van der Waals surface area (Å²) in [6.07, 6.45) is 5.54. The smallest absolute Gasteiger partial charge is 0.255 e. The minimum Gasteiger partial charge on any atom is -0.478 e. The van der Waals surface area contributed by atoms with Crippen LogP contribution in [-0.4, -0.2) is 28.0 Å². The molecule has 0 atom stereocenters. The first-order chi connectivity index (χ1) is 16.8. The SMILES string of the molecule is CCCCOc1ccc(-c2ccc3ncc(C(=O)NC(C)(C)C)c(Nc4ccccc4)c3c2)cn1. The van der Waals surface area contributed by atoms with E-state index in [9.17, 15) is 4.79 Å². The van der Waals surface area contributed by atoms with Gasteiger partial charge in [-0.2, -0.15) is 0 Å². The normalized spacial score (nSPS) is 11.3. The summed E-state index contributed by atoms with van der Waals surface area (Å²) in [5, 5.41) is 7.38. The van der Waals surface area contributed by atoms with Gasteiger partial charge in [0.1, 0.15) is 0 Å². The fourth-order valence-electron chi connectivity index (χ4n) is 3.71. The van der Waals surface area contributed by atoms with Gasteiger partial charge in [-0.1, -0.05) is 37.6 Å². The number of hydrogen-bond donors (Lipinski definition) is 2. The largest absolute Gasteiger partial charge is 0.478 e. The van der Waals surface area contributed by atoms with Crippen LogP contribution in [0, 0.1) is 0 Å². The molecule has 0 saturated carbocycles. The van der Waals surface area contributed by atoms with Gasteiger partial charge in [-0.15, -0.1) is 0 Å². The Morgan fingerprint density at radius 2 is 1.71 bits per heavy atom. The monoisotopic (exact) mass is 468 g/mol. The number of nitrogens with one attached hydrogen (secondary N) is 2. The lowest BCUT2D eigenvalue weighted by Gasteiger charge is -2.22. The van der Waals surface area contributed by atoms with Crippen molar-refractivity contribution in [1.82, 2.24) is 15.3 Å². The Hall–Kier alpha value is -3.93. The highest BCUT2D eigenvalue weighted by atomic mass is 16.5. The van der Waals surface area contributed by atoms with E-state index < -0.39 is 0 Å². The van der Waals surface area contributed by atoms with E-state index in [0.717, 1.165) is 46.2 Å². The number of fused-ring (bicyclic) bond motifs is 1. The molecule has 2 aromatic carbocycles. The molecule has 180 valence electrons. The Labute approximate surface area is 206 Å². The predicted octanol–water partition coefficient (Wildman–Crippen LogP) is 6.75. The first-order valence-corrected chi connectivity index (χ1v) is 12.0. The lowest BCUT2D eigenvalue weighted by atomic mass is 10.0. The van der Waals surface area contributed by atoms with Crippen molar-refractivity contribution in [2.45, 2.75) is 46.1 Å². The van der Waals surface area contributed by atoms with Gasteiger partial charge in [-0.3, -0.25) is 9.78 Å². The molecule has 0 radical (unpaired) electrons. The van der Waals surface area contributed by atoms with Gasteiger partial charge in [0.2, 0.25) is 5.88 Å². The van der Waals surface area contributed by atoms with E-state index in [0.29, 0.717) is 18.1 Å². The van der Waals surface area contributed by atoms with Crippen molar-refractivity contribution in [3.63, 3.8) is 0 Å². The maximum Gasteiger partial charge on any atom is 0.255 e. The molecule has 1 amide bonds. The Morgan fingerprint density at radius 1 is 0.943 bits per heavy atom. The summed E-state index contributed by atoms with van der Waals surface area (Å²) < 4.78 is 5.70. The molecule has 0 saturated heterocycles. The second-order valence-corrected chi connectivity index (χ2v) is 9.56. The zero-order valence-electron chi connectivity index (χ0n) is 20.8. The number of aromatic nitrogens is 2. The number of ether oxygens (including phenoxy) is 1. The van der Waals surface area contributed by atoms with E-state index >= 15 is 0 Å². The van der Waals surface area contributed by atoms with Crippen LogP contribution < -0.4 is 15.4 Å². The minimum absolute atomic E-state index is 0.175. The number of amides is 1. The number of hydrogen-bond acceptors (Lipinski definition) is 5. The molecule has 0 aliphatic heterocycles. The number of rotatable bonds is 8. The summed E-state index contributed by atoms with van der Waals surface area (Å²) in [7, 11) is 0. The van der Waals surface area contributed by atoms with Gasteiger partial charge in [0, 0.05) is 40.6 Å². The molecule has 35 heavy (non-hydrogen) atoms. The lowest BCUT2D eigenvalue weighted by molar-refractivity contribution is 0.0920. The van der Waals surface area contributed by atoms with Crippen LogP contribution in [0.15, 0.2) is 73.1 Å². The van der Waals surface area contributed by atoms with E-state index in [-0.39, 0.29) is 11.4 Å². The minimum atomic E-state index is -0.371. The van der Waals surface area contributed by atoms with Gasteiger partial charge in [0.25, 0.3) is 5.91 Å². The number of pyridine rings is 2. The second-order valence-electron chi connectivity index (χ2n) is 9.56. The van der Waals surface area contributed by atoms with Crippen molar-refractivity contribution in [1.29, 1.82) is 0 Å². The number of unbranched alkanes of at least 4 members (excludes halogenated alkanes) is 1. The number of anilines is 2. The van der Waals surface area contributed by atoms with Crippen LogP contribution in [0.5, 0.6) is 5.88 Å². The summed E-state index contributed by atoms with van der Waals surface area (Å²) in [6, 6.07) is 19.8. The van der Waals surface area contributed by atoms with Crippen LogP contribution in [0.3, 0.4) is 0 Å². The molecular formula is C29H32N4O2. The van der Waals surface area contributed by atoms with Crippen LogP contribution in [0.4, 0.5) is 11.4 Å². The van der Waals surface area contributed by atoms with E-state index in [4.69, 9.17) is 4.74 Å². The summed E-state index contributed by atoms with van der Waals surface area (Å²) in [5.74, 6) is 0.447. The van der Waals surface area contributed by atoms with Crippen molar-refractivity contribution in [2.75, 3.05) is 11.9 Å². The summed E-state index contributed by atoms with van der Waals surface area (Å²) in [6.45, 7) is 8.69. The van der Waals surface area contributed by atoms with E-state index in [1.54, 1.807) is 6.20 Å². The molecule has 2 N–H and O–H groups in total. The Bertz CT molecular complexity index is 1300. The third-order valence-corrected chi connectivity index (χ3v) is 5.46. The topological polar surface area (TPSA) is 76.1 Å². The highest BCUT2D eigenvalue weighted by molar-refractivity contribution is 6.09. The molecule has 2 heterocycles. The van der Waals surface area contributed by atoms with Crippen molar-refractivity contribution < 1.29 is 9.53 Å². The van der Waals surface area contributed by atoms with Gasteiger partial charge >= 0.3 is 0 Å². The first-order valence-electron chi connectivity index (χ1n) is 12.0. The zero-order chi connectivity index (χ0) is 24.8. The van der Waals surface area contributed by atoms with E-state index in [2.05, 4.69) is 33.6 Å². The van der Waals surface area contributed by atoms with Crippen LogP contribution >= 0.6 is 0 Å². The molecule has 2 aromatic heterocycles. The number of carbonyl (C=O) groups is 1. The molecule has 0 bridgehead atoms. The Balaban J connectivity index is 1.76. The molecule has 0 fully saturated rings. The molecule has 0 spiro atoms. The van der Waals surface area contributed by atoms with Crippen LogP contribution in [0.2, 0.25) is 0 Å². The van der Waals surface area contributed by atoms with E-state index in [1.165, 1.54) is 0 Å². The van der Waals surface area contributed by atoms with Gasteiger partial charge in [0.05, 0.1) is 23.4 Å². The average Bonchev–Trinajstić information content (AvgIpc) is 2.84. The molecule has 0 unspecified atom stereocenters. The quantitative estimate of drug-likeness (QED) is 0.280. The molecule has 0 aliphatic carbocycles. The summed E-state index contributed by atoms with van der Waals surface area (Å²) in [4.78, 5) is 22.3. The number of para-hydroxylation sites is 1. The third-order valence-electron chi connectivity index (χ3n) is 5.46. The van der Waals surface area contributed by atoms with Crippen molar-refractivity contribution in [3.8, 4) is 17.0 Å². The molecule has 6 nitrogen and oxygen atoms in total. The van der Waals surface area contributed by atoms with Crippen LogP contribution in [0.25, 0.3) is 22.0 Å². The van der Waals surface area contributed by atoms with Crippen molar-refractivity contribution in [2.24, 2.45) is 0 Å². The molecular weight excluding hydrogens is 436 g/mol. The van der Waals surface area contributed by atoms with Gasteiger partial charge in [0.15, 0.2) is 0 Å². The fourth-order valence-corrected chi connectivity index (χ4v) is 3.71. The average molecular weight is 469 g/mol. The lowest BCUT2D eigenvalue weighted by Crippen LogP contribution is -2.40. The maximum absolute atomic E-state index is 13.2. The van der Waals surface area contributed by atoms with Crippen molar-refractivity contribution >= 4 is 28.2 Å². The number of benzene rings is 2. The fraction of sp³-hybridized carbons (Fsp3) is 0.276. The van der Waals surface area contributed by atoms with Crippen LogP contribution in [-0.2, 0) is 0 Å². The summed E-state index contributed by atoms with van der Waals surface area (Å²) >= 11 is 0. The Kier molecular flexibility index (Phi) is 7.30. The van der Waals surface area contributed by atoms with Crippen LogP contribution in [0.1, 0.15) is 50.9 Å². The second kappa shape index (κ2) is 10.6. The molecule has 6 heteroatoms. The van der Waals surface area contributed by atoms with Crippen molar-refractivity contribution in [3.05, 3.63) is 78.6 Å². The predicted molar refractivity (Wildman–Crippen MR) is 142 cm³/mol. The molecule has 4 rings (SSSR count). The number of nitrogens with zero attached hydrogens (tertiary/aromatic N) is 2. The highest BCUT2D eigenvalue weighted by Gasteiger charge is 2.21.